The van der Waals surface area contributed by atoms with Crippen molar-refractivity contribution >= 4 is 11.6 Å². The van der Waals surface area contributed by atoms with E-state index in [1.807, 2.05) is 0 Å². The van der Waals surface area contributed by atoms with E-state index in [0.29, 0.717) is 0 Å². The molecule has 2 aliphatic rings. The van der Waals surface area contributed by atoms with Crippen LogP contribution in [0.15, 0.2) is 0 Å². The van der Waals surface area contributed by atoms with Crippen molar-refractivity contribution in [2.45, 2.75) is 43.5 Å². The summed E-state index contributed by atoms with van der Waals surface area (Å²) in [5.74, 6) is 0.895. The van der Waals surface area contributed by atoms with Gasteiger partial charge in [0.05, 0.1) is 6.07 Å². The van der Waals surface area contributed by atoms with Gasteiger partial charge >= 0.3 is 0 Å². The first-order chi connectivity index (χ1) is 6.81. The second-order valence-corrected chi connectivity index (χ2v) is 5.02. The van der Waals surface area contributed by atoms with Crippen molar-refractivity contribution in [2.24, 2.45) is 5.92 Å². The molecule has 0 amide bonds. The minimum atomic E-state index is -0.323. The summed E-state index contributed by atoms with van der Waals surface area (Å²) in [6.07, 6.45) is 6.79. The zero-order valence-electron chi connectivity index (χ0n) is 8.45. The fourth-order valence-electron chi connectivity index (χ4n) is 2.98. The molecule has 1 saturated carbocycles. The first-order valence-electron chi connectivity index (χ1n) is 5.59. The first kappa shape index (κ1) is 10.3. The Kier molecular flexibility index (Phi) is 3.30. The van der Waals surface area contributed by atoms with Crippen LogP contribution in [0.4, 0.5) is 0 Å². The maximum Gasteiger partial charge on any atom is 0.133 e. The Labute approximate surface area is 90.8 Å². The molecule has 0 aromatic rings. The zero-order chi connectivity index (χ0) is 9.97. The normalized spacial score (nSPS) is 34.9. The van der Waals surface area contributed by atoms with Gasteiger partial charge in [0.15, 0.2) is 0 Å². The molecule has 1 aliphatic heterocycles. The van der Waals surface area contributed by atoms with Crippen LogP contribution in [0.25, 0.3) is 0 Å². The van der Waals surface area contributed by atoms with E-state index in [-0.39, 0.29) is 5.38 Å². The smallest absolute Gasteiger partial charge is 0.133 e. The maximum atomic E-state index is 8.68. The lowest BCUT2D eigenvalue weighted by Crippen LogP contribution is -2.37. The Hall–Kier alpha value is -0.260. The summed E-state index contributed by atoms with van der Waals surface area (Å²) in [6.45, 7) is 1.92. The summed E-state index contributed by atoms with van der Waals surface area (Å²) >= 11 is 5.87. The Morgan fingerprint density at radius 2 is 2.14 bits per heavy atom. The summed E-state index contributed by atoms with van der Waals surface area (Å²) in [7, 11) is 0. The largest absolute Gasteiger partial charge is 0.298 e. The lowest BCUT2D eigenvalue weighted by Gasteiger charge is -2.31. The van der Waals surface area contributed by atoms with Gasteiger partial charge < -0.3 is 0 Å². The van der Waals surface area contributed by atoms with Crippen LogP contribution in [0.5, 0.6) is 0 Å². The van der Waals surface area contributed by atoms with Crippen LogP contribution in [0, 0.1) is 17.2 Å². The highest BCUT2D eigenvalue weighted by Gasteiger charge is 2.35. The third-order valence-electron chi connectivity index (χ3n) is 3.66. The molecule has 2 nitrogen and oxygen atoms in total. The Morgan fingerprint density at radius 3 is 2.93 bits per heavy atom. The topological polar surface area (TPSA) is 27.0 Å². The fourth-order valence-corrected chi connectivity index (χ4v) is 3.15. The summed E-state index contributed by atoms with van der Waals surface area (Å²) in [5.41, 5.74) is 0. The van der Waals surface area contributed by atoms with Crippen LogP contribution in [0.2, 0.25) is 0 Å². The number of hydrogen-bond acceptors (Lipinski definition) is 2. The average Bonchev–Trinajstić information content (AvgIpc) is 2.62. The minimum Gasteiger partial charge on any atom is -0.298 e. The van der Waals surface area contributed by atoms with Gasteiger partial charge in [-0.15, -0.1) is 11.6 Å². The Morgan fingerprint density at radius 1 is 1.36 bits per heavy atom. The molecule has 3 heteroatoms. The number of hydrogen-bond donors (Lipinski definition) is 0. The highest BCUT2D eigenvalue weighted by atomic mass is 35.5. The van der Waals surface area contributed by atoms with Gasteiger partial charge in [-0.25, -0.2) is 0 Å². The number of rotatable bonds is 2. The van der Waals surface area contributed by atoms with Crippen molar-refractivity contribution in [2.75, 3.05) is 13.1 Å². The first-order valence-corrected chi connectivity index (χ1v) is 6.02. The second kappa shape index (κ2) is 4.51. The van der Waals surface area contributed by atoms with Crippen LogP contribution in [-0.2, 0) is 0 Å². The highest BCUT2D eigenvalue weighted by molar-refractivity contribution is 6.22. The van der Waals surface area contributed by atoms with E-state index in [9.17, 15) is 0 Å². The number of fused-ring (bicyclic) bond motifs is 1. The molecule has 1 heterocycles. The predicted octanol–water partition coefficient (Wildman–Crippen LogP) is 2.38. The van der Waals surface area contributed by atoms with Crippen LogP contribution in [0.3, 0.4) is 0 Å². The van der Waals surface area contributed by atoms with Crippen molar-refractivity contribution in [1.29, 1.82) is 5.26 Å². The van der Waals surface area contributed by atoms with Crippen LogP contribution < -0.4 is 0 Å². The summed E-state index contributed by atoms with van der Waals surface area (Å²) in [5, 5.41) is 8.36. The van der Waals surface area contributed by atoms with Gasteiger partial charge in [0.25, 0.3) is 0 Å². The van der Waals surface area contributed by atoms with E-state index in [1.54, 1.807) is 0 Å². The van der Waals surface area contributed by atoms with E-state index in [4.69, 9.17) is 16.9 Å². The molecule has 3 unspecified atom stereocenters. The van der Waals surface area contributed by atoms with E-state index in [2.05, 4.69) is 11.0 Å². The Bertz CT molecular complexity index is 236. The van der Waals surface area contributed by atoms with Crippen molar-refractivity contribution in [3.63, 3.8) is 0 Å². The molecule has 2 rings (SSSR count). The zero-order valence-corrected chi connectivity index (χ0v) is 9.21. The SMILES string of the molecule is N#CC(Cl)CN1CCC2CCCCC21. The summed E-state index contributed by atoms with van der Waals surface area (Å²) in [6, 6.07) is 2.85. The van der Waals surface area contributed by atoms with Crippen LogP contribution in [0.1, 0.15) is 32.1 Å². The number of alkyl halides is 1. The molecule has 0 radical (unpaired) electrons. The molecule has 1 aliphatic carbocycles. The van der Waals surface area contributed by atoms with Gasteiger partial charge in [0.2, 0.25) is 0 Å². The van der Waals surface area contributed by atoms with E-state index < -0.39 is 0 Å². The fraction of sp³-hybridized carbons (Fsp3) is 0.909. The number of halogens is 1. The van der Waals surface area contributed by atoms with Crippen LogP contribution in [-0.4, -0.2) is 29.4 Å². The molecule has 0 aromatic carbocycles. The molecule has 0 aromatic heterocycles. The standard InChI is InChI=1S/C11H17ClN2/c12-10(7-13)8-14-6-5-9-3-1-2-4-11(9)14/h9-11H,1-6,8H2. The maximum absolute atomic E-state index is 8.68. The molecular formula is C11H17ClN2. The van der Waals surface area contributed by atoms with Gasteiger partial charge in [0.1, 0.15) is 5.38 Å². The highest BCUT2D eigenvalue weighted by Crippen LogP contribution is 2.36. The van der Waals surface area contributed by atoms with Gasteiger partial charge in [-0.2, -0.15) is 5.26 Å². The number of likely N-dealkylation sites (tertiary alicyclic amines) is 1. The van der Waals surface area contributed by atoms with Gasteiger partial charge in [-0.05, 0) is 31.7 Å². The van der Waals surface area contributed by atoms with Gasteiger partial charge in [0, 0.05) is 12.6 Å². The predicted molar refractivity (Wildman–Crippen MR) is 57.2 cm³/mol. The van der Waals surface area contributed by atoms with E-state index in [1.165, 1.54) is 32.1 Å². The third-order valence-corrected chi connectivity index (χ3v) is 3.90. The van der Waals surface area contributed by atoms with Crippen molar-refractivity contribution in [3.8, 4) is 6.07 Å². The molecular weight excluding hydrogens is 196 g/mol. The molecule has 1 saturated heterocycles. The number of nitrogens with zero attached hydrogens (tertiary/aromatic N) is 2. The third kappa shape index (κ3) is 2.04. The van der Waals surface area contributed by atoms with Gasteiger partial charge in [-0.3, -0.25) is 4.90 Å². The molecule has 78 valence electrons. The van der Waals surface area contributed by atoms with E-state index in [0.717, 1.165) is 25.0 Å². The lowest BCUT2D eigenvalue weighted by molar-refractivity contribution is 0.186. The molecule has 0 N–H and O–H groups in total. The second-order valence-electron chi connectivity index (χ2n) is 4.49. The molecule has 2 fully saturated rings. The monoisotopic (exact) mass is 212 g/mol. The lowest BCUT2D eigenvalue weighted by atomic mass is 9.85. The van der Waals surface area contributed by atoms with Crippen molar-refractivity contribution in [1.82, 2.24) is 4.90 Å². The molecule has 0 bridgehead atoms. The summed E-state index contributed by atoms with van der Waals surface area (Å²) < 4.78 is 0. The average molecular weight is 213 g/mol. The van der Waals surface area contributed by atoms with E-state index >= 15 is 0 Å². The van der Waals surface area contributed by atoms with Crippen molar-refractivity contribution < 1.29 is 0 Å². The molecule has 14 heavy (non-hydrogen) atoms. The molecule has 3 atom stereocenters. The van der Waals surface area contributed by atoms with Gasteiger partial charge in [-0.1, -0.05) is 12.8 Å². The Balaban J connectivity index is 1.91. The summed E-state index contributed by atoms with van der Waals surface area (Å²) in [4.78, 5) is 2.44. The van der Waals surface area contributed by atoms with Crippen molar-refractivity contribution in [3.05, 3.63) is 0 Å². The quantitative estimate of drug-likeness (QED) is 0.658. The van der Waals surface area contributed by atoms with Crippen LogP contribution >= 0.6 is 11.6 Å². The molecule has 0 spiro atoms. The minimum absolute atomic E-state index is 0.323. The number of nitriles is 1.